The van der Waals surface area contributed by atoms with Gasteiger partial charge >= 0.3 is 5.97 Å². The van der Waals surface area contributed by atoms with Crippen LogP contribution in [0.3, 0.4) is 0 Å². The van der Waals surface area contributed by atoms with Crippen molar-refractivity contribution in [2.75, 3.05) is 27.4 Å². The van der Waals surface area contributed by atoms with Crippen LogP contribution in [0.1, 0.15) is 65.4 Å². The van der Waals surface area contributed by atoms with Gasteiger partial charge in [-0.05, 0) is 36.0 Å². The number of esters is 1. The maximum atomic E-state index is 12.5. The first-order chi connectivity index (χ1) is 14.9. The molecule has 6 heteroatoms. The first-order valence-electron chi connectivity index (χ1n) is 11.4. The molecule has 0 amide bonds. The SMILES string of the molecule is CCC.COCCCOc1cc(CC(CC(=O)C2CCC(=O)O2)C(C)C)ccc1OC. The summed E-state index contributed by atoms with van der Waals surface area (Å²) in [5.74, 6) is 1.64. The van der Waals surface area contributed by atoms with Gasteiger partial charge in [-0.15, -0.1) is 0 Å². The van der Waals surface area contributed by atoms with Crippen molar-refractivity contribution in [2.24, 2.45) is 11.8 Å². The number of Topliss-reactive ketones (excluding diaryl/α,β-unsaturated/α-hetero) is 1. The molecule has 1 heterocycles. The lowest BCUT2D eigenvalue weighted by Gasteiger charge is -2.22. The van der Waals surface area contributed by atoms with Crippen LogP contribution in [0.4, 0.5) is 0 Å². The highest BCUT2D eigenvalue weighted by molar-refractivity contribution is 5.88. The molecule has 31 heavy (non-hydrogen) atoms. The molecule has 1 aromatic rings. The van der Waals surface area contributed by atoms with Gasteiger partial charge < -0.3 is 18.9 Å². The molecular weight excluding hydrogens is 396 g/mol. The minimum Gasteiger partial charge on any atom is -0.493 e. The van der Waals surface area contributed by atoms with Crippen LogP contribution in [0.15, 0.2) is 18.2 Å². The van der Waals surface area contributed by atoms with Gasteiger partial charge in [0.05, 0.1) is 13.7 Å². The van der Waals surface area contributed by atoms with Crippen molar-refractivity contribution in [3.05, 3.63) is 23.8 Å². The number of benzene rings is 1. The number of hydrogen-bond acceptors (Lipinski definition) is 6. The number of cyclic esters (lactones) is 1. The zero-order chi connectivity index (χ0) is 23.2. The van der Waals surface area contributed by atoms with Crippen molar-refractivity contribution in [2.45, 2.75) is 72.3 Å². The summed E-state index contributed by atoms with van der Waals surface area (Å²) < 4.78 is 21.4. The molecule has 0 aromatic heterocycles. The summed E-state index contributed by atoms with van der Waals surface area (Å²) in [6, 6.07) is 5.90. The fourth-order valence-electron chi connectivity index (χ4n) is 3.33. The van der Waals surface area contributed by atoms with Crippen LogP contribution < -0.4 is 9.47 Å². The Morgan fingerprint density at radius 2 is 1.87 bits per heavy atom. The van der Waals surface area contributed by atoms with E-state index in [0.29, 0.717) is 49.9 Å². The zero-order valence-corrected chi connectivity index (χ0v) is 20.1. The van der Waals surface area contributed by atoms with Crippen molar-refractivity contribution in [3.63, 3.8) is 0 Å². The largest absolute Gasteiger partial charge is 0.493 e. The second-order valence-corrected chi connectivity index (χ2v) is 8.28. The van der Waals surface area contributed by atoms with Crippen molar-refractivity contribution in [3.8, 4) is 11.5 Å². The second-order valence-electron chi connectivity index (χ2n) is 8.28. The molecule has 6 nitrogen and oxygen atoms in total. The van der Waals surface area contributed by atoms with Gasteiger partial charge in [-0.25, -0.2) is 0 Å². The van der Waals surface area contributed by atoms with Gasteiger partial charge in [0.1, 0.15) is 0 Å². The summed E-state index contributed by atoms with van der Waals surface area (Å²) in [6.45, 7) is 9.67. The summed E-state index contributed by atoms with van der Waals surface area (Å²) in [7, 11) is 3.29. The highest BCUT2D eigenvalue weighted by Crippen LogP contribution is 2.31. The summed E-state index contributed by atoms with van der Waals surface area (Å²) >= 11 is 0. The maximum absolute atomic E-state index is 12.5. The zero-order valence-electron chi connectivity index (χ0n) is 20.1. The molecule has 1 saturated heterocycles. The van der Waals surface area contributed by atoms with Gasteiger partial charge in [0.2, 0.25) is 0 Å². The fourth-order valence-corrected chi connectivity index (χ4v) is 3.33. The highest BCUT2D eigenvalue weighted by Gasteiger charge is 2.31. The molecule has 1 aromatic carbocycles. The molecule has 2 unspecified atom stereocenters. The Bertz CT molecular complexity index is 670. The molecule has 0 bridgehead atoms. The smallest absolute Gasteiger partial charge is 0.306 e. The Labute approximate surface area is 187 Å². The van der Waals surface area contributed by atoms with Gasteiger partial charge in [0.15, 0.2) is 23.4 Å². The summed E-state index contributed by atoms with van der Waals surface area (Å²) in [5.41, 5.74) is 1.09. The normalized spacial score (nSPS) is 16.4. The molecule has 0 spiro atoms. The van der Waals surface area contributed by atoms with Gasteiger partial charge in [0.25, 0.3) is 0 Å². The number of methoxy groups -OCH3 is 2. The quantitative estimate of drug-likeness (QED) is 0.339. The monoisotopic (exact) mass is 436 g/mol. The van der Waals surface area contributed by atoms with E-state index < -0.39 is 6.10 Å². The van der Waals surface area contributed by atoms with Crippen molar-refractivity contribution >= 4 is 11.8 Å². The predicted molar refractivity (Wildman–Crippen MR) is 122 cm³/mol. The fraction of sp³-hybridized carbons (Fsp3) is 0.680. The van der Waals surface area contributed by atoms with E-state index in [4.69, 9.17) is 18.9 Å². The van der Waals surface area contributed by atoms with Crippen LogP contribution in [-0.2, 0) is 25.5 Å². The standard InChI is InChI=1S/C22H32O6.C3H8/c1-15(2)17(14-18(23)19-8-9-22(24)28-19)12-16-6-7-20(26-4)21(13-16)27-11-5-10-25-3;1-3-2/h6-7,13,15,17,19H,5,8-12,14H2,1-4H3;3H2,1-2H3. The van der Waals surface area contributed by atoms with E-state index in [0.717, 1.165) is 18.4 Å². The Morgan fingerprint density at radius 3 is 2.42 bits per heavy atom. The highest BCUT2D eigenvalue weighted by atomic mass is 16.6. The third-order valence-corrected chi connectivity index (χ3v) is 5.13. The van der Waals surface area contributed by atoms with Crippen LogP contribution in [0.25, 0.3) is 0 Å². The van der Waals surface area contributed by atoms with Crippen LogP contribution in [0, 0.1) is 11.8 Å². The van der Waals surface area contributed by atoms with Crippen LogP contribution >= 0.6 is 0 Å². The van der Waals surface area contributed by atoms with Gasteiger partial charge in [0, 0.05) is 39.4 Å². The molecule has 0 N–H and O–H groups in total. The third-order valence-electron chi connectivity index (χ3n) is 5.13. The van der Waals surface area contributed by atoms with E-state index in [1.807, 2.05) is 18.2 Å². The van der Waals surface area contributed by atoms with Crippen LogP contribution in [0.2, 0.25) is 0 Å². The Balaban J connectivity index is 0.00000151. The minimum absolute atomic E-state index is 0.0223. The molecule has 0 radical (unpaired) electrons. The number of ketones is 1. The second kappa shape index (κ2) is 14.8. The van der Waals surface area contributed by atoms with E-state index >= 15 is 0 Å². The maximum Gasteiger partial charge on any atom is 0.306 e. The molecule has 0 saturated carbocycles. The molecular formula is C25H40O6. The topological polar surface area (TPSA) is 71.1 Å². The molecule has 1 aliphatic heterocycles. The number of carbonyl (C=O) groups excluding carboxylic acids is 2. The molecule has 2 rings (SSSR count). The predicted octanol–water partition coefficient (Wildman–Crippen LogP) is 5.01. The minimum atomic E-state index is -0.565. The molecule has 1 aliphatic rings. The molecule has 1 fully saturated rings. The Kier molecular flexibility index (Phi) is 12.9. The molecule has 176 valence electrons. The third kappa shape index (κ3) is 9.72. The van der Waals surface area contributed by atoms with Crippen molar-refractivity contribution < 1.29 is 28.5 Å². The number of rotatable bonds is 12. The van der Waals surface area contributed by atoms with E-state index in [-0.39, 0.29) is 17.7 Å². The molecule has 2 atom stereocenters. The van der Waals surface area contributed by atoms with E-state index in [2.05, 4.69) is 27.7 Å². The average molecular weight is 437 g/mol. The van der Waals surface area contributed by atoms with Gasteiger partial charge in [-0.1, -0.05) is 40.2 Å². The lowest BCUT2D eigenvalue weighted by atomic mass is 9.84. The van der Waals surface area contributed by atoms with Crippen molar-refractivity contribution in [1.29, 1.82) is 0 Å². The van der Waals surface area contributed by atoms with E-state index in [1.54, 1.807) is 14.2 Å². The number of carbonyl (C=O) groups is 2. The lowest BCUT2D eigenvalue weighted by molar-refractivity contribution is -0.147. The van der Waals surface area contributed by atoms with Crippen LogP contribution in [0.5, 0.6) is 11.5 Å². The summed E-state index contributed by atoms with van der Waals surface area (Å²) in [4.78, 5) is 23.8. The Hall–Kier alpha value is -2.08. The van der Waals surface area contributed by atoms with Gasteiger partial charge in [-0.2, -0.15) is 0 Å². The lowest BCUT2D eigenvalue weighted by Crippen LogP contribution is -2.25. The van der Waals surface area contributed by atoms with E-state index in [9.17, 15) is 9.59 Å². The van der Waals surface area contributed by atoms with Crippen LogP contribution in [-0.4, -0.2) is 45.3 Å². The number of hydrogen-bond donors (Lipinski definition) is 0. The summed E-state index contributed by atoms with van der Waals surface area (Å²) in [5, 5.41) is 0. The molecule has 0 aliphatic carbocycles. The first kappa shape index (κ1) is 27.0. The Morgan fingerprint density at radius 1 is 1.16 bits per heavy atom. The van der Waals surface area contributed by atoms with Crippen molar-refractivity contribution in [1.82, 2.24) is 0 Å². The first-order valence-corrected chi connectivity index (χ1v) is 11.4. The summed E-state index contributed by atoms with van der Waals surface area (Å²) in [6.07, 6.45) is 3.49. The number of ether oxygens (including phenoxy) is 4. The van der Waals surface area contributed by atoms with E-state index in [1.165, 1.54) is 6.42 Å². The van der Waals surface area contributed by atoms with Gasteiger partial charge in [-0.3, -0.25) is 9.59 Å². The average Bonchev–Trinajstić information content (AvgIpc) is 3.18.